The van der Waals surface area contributed by atoms with Crippen molar-refractivity contribution in [1.82, 2.24) is 4.98 Å². The summed E-state index contributed by atoms with van der Waals surface area (Å²) < 4.78 is 4.79. The van der Waals surface area contributed by atoms with Crippen LogP contribution in [0.15, 0.2) is 24.5 Å². The number of carbonyl (C=O) groups excluding carboxylic acids is 1. The molecule has 0 aromatic carbocycles. The Morgan fingerprint density at radius 3 is 2.73 bits per heavy atom. The van der Waals surface area contributed by atoms with Gasteiger partial charge in [-0.05, 0) is 24.0 Å². The van der Waals surface area contributed by atoms with Crippen LogP contribution in [0.25, 0.3) is 0 Å². The van der Waals surface area contributed by atoms with Crippen molar-refractivity contribution in [3.05, 3.63) is 30.1 Å². The van der Waals surface area contributed by atoms with Crippen molar-refractivity contribution in [3.8, 4) is 0 Å². The van der Waals surface area contributed by atoms with E-state index in [9.17, 15) is 4.79 Å². The van der Waals surface area contributed by atoms with E-state index < -0.39 is 0 Å². The van der Waals surface area contributed by atoms with Gasteiger partial charge in [0.2, 0.25) is 0 Å². The molecule has 82 valence electrons. The van der Waals surface area contributed by atoms with Gasteiger partial charge in [-0.15, -0.1) is 0 Å². The fourth-order valence-corrected chi connectivity index (χ4v) is 1.52. The molecular formula is C12H17NO2. The van der Waals surface area contributed by atoms with E-state index in [0.29, 0.717) is 6.42 Å². The lowest BCUT2D eigenvalue weighted by molar-refractivity contribution is -0.146. The van der Waals surface area contributed by atoms with E-state index in [1.165, 1.54) is 7.11 Å². The number of rotatable bonds is 4. The summed E-state index contributed by atoms with van der Waals surface area (Å²) >= 11 is 0. The van der Waals surface area contributed by atoms with Crippen LogP contribution in [0.5, 0.6) is 0 Å². The SMILES string of the molecule is COC(=O)C(Cc1cccnc1)C(C)C. The molecule has 0 bridgehead atoms. The molecule has 1 atom stereocenters. The summed E-state index contributed by atoms with van der Waals surface area (Å²) in [6.07, 6.45) is 4.21. The van der Waals surface area contributed by atoms with E-state index >= 15 is 0 Å². The van der Waals surface area contributed by atoms with Crippen molar-refractivity contribution in [3.63, 3.8) is 0 Å². The number of hydrogen-bond acceptors (Lipinski definition) is 3. The normalized spacial score (nSPS) is 12.5. The van der Waals surface area contributed by atoms with Crippen molar-refractivity contribution < 1.29 is 9.53 Å². The van der Waals surface area contributed by atoms with Crippen molar-refractivity contribution in [2.45, 2.75) is 20.3 Å². The molecule has 0 aliphatic rings. The van der Waals surface area contributed by atoms with Crippen LogP contribution in [-0.2, 0) is 16.0 Å². The lowest BCUT2D eigenvalue weighted by atomic mass is 9.90. The second-order valence-electron chi connectivity index (χ2n) is 3.94. The van der Waals surface area contributed by atoms with Gasteiger partial charge in [-0.25, -0.2) is 0 Å². The van der Waals surface area contributed by atoms with Crippen LogP contribution >= 0.6 is 0 Å². The Hall–Kier alpha value is -1.38. The fraction of sp³-hybridized carbons (Fsp3) is 0.500. The maximum atomic E-state index is 11.5. The third-order valence-corrected chi connectivity index (χ3v) is 2.49. The van der Waals surface area contributed by atoms with E-state index in [1.807, 2.05) is 26.0 Å². The second kappa shape index (κ2) is 5.49. The van der Waals surface area contributed by atoms with Gasteiger partial charge < -0.3 is 4.74 Å². The number of aromatic nitrogens is 1. The zero-order valence-electron chi connectivity index (χ0n) is 9.43. The molecule has 0 saturated carbocycles. The highest BCUT2D eigenvalue weighted by Gasteiger charge is 2.23. The number of hydrogen-bond donors (Lipinski definition) is 0. The molecule has 1 unspecified atom stereocenters. The van der Waals surface area contributed by atoms with Crippen molar-refractivity contribution in [2.75, 3.05) is 7.11 Å². The van der Waals surface area contributed by atoms with Crippen LogP contribution in [0, 0.1) is 11.8 Å². The molecule has 0 aliphatic carbocycles. The first kappa shape index (κ1) is 11.7. The average Bonchev–Trinajstić information content (AvgIpc) is 2.26. The Bertz CT molecular complexity index is 309. The Kier molecular flexibility index (Phi) is 4.28. The molecule has 0 spiro atoms. The Morgan fingerprint density at radius 2 is 2.27 bits per heavy atom. The molecule has 1 aromatic heterocycles. The Labute approximate surface area is 90.5 Å². The van der Waals surface area contributed by atoms with E-state index in [4.69, 9.17) is 4.74 Å². The van der Waals surface area contributed by atoms with Gasteiger partial charge in [-0.2, -0.15) is 0 Å². The van der Waals surface area contributed by atoms with Gasteiger partial charge in [0.25, 0.3) is 0 Å². The van der Waals surface area contributed by atoms with Crippen LogP contribution in [0.4, 0.5) is 0 Å². The Morgan fingerprint density at radius 1 is 1.53 bits per heavy atom. The molecule has 0 saturated heterocycles. The van der Waals surface area contributed by atoms with Gasteiger partial charge in [0, 0.05) is 12.4 Å². The summed E-state index contributed by atoms with van der Waals surface area (Å²) in [5.74, 6) is 0.0470. The Balaban J connectivity index is 2.72. The first-order valence-corrected chi connectivity index (χ1v) is 5.12. The number of carbonyl (C=O) groups is 1. The summed E-state index contributed by atoms with van der Waals surface area (Å²) in [6.45, 7) is 4.05. The highest BCUT2D eigenvalue weighted by atomic mass is 16.5. The zero-order chi connectivity index (χ0) is 11.3. The molecule has 0 amide bonds. The molecule has 1 rings (SSSR count). The van der Waals surface area contributed by atoms with Crippen molar-refractivity contribution in [1.29, 1.82) is 0 Å². The molecule has 1 heterocycles. The molecule has 0 aliphatic heterocycles. The van der Waals surface area contributed by atoms with E-state index in [2.05, 4.69) is 4.98 Å². The molecule has 15 heavy (non-hydrogen) atoms. The molecule has 3 heteroatoms. The maximum absolute atomic E-state index is 11.5. The summed E-state index contributed by atoms with van der Waals surface area (Å²) in [7, 11) is 1.43. The third kappa shape index (κ3) is 3.35. The molecule has 0 radical (unpaired) electrons. The van der Waals surface area contributed by atoms with E-state index in [-0.39, 0.29) is 17.8 Å². The van der Waals surface area contributed by atoms with E-state index in [0.717, 1.165) is 5.56 Å². The minimum absolute atomic E-state index is 0.0841. The van der Waals surface area contributed by atoms with Crippen LogP contribution in [-0.4, -0.2) is 18.1 Å². The van der Waals surface area contributed by atoms with Gasteiger partial charge >= 0.3 is 5.97 Å². The van der Waals surface area contributed by atoms with E-state index in [1.54, 1.807) is 12.4 Å². The highest BCUT2D eigenvalue weighted by molar-refractivity contribution is 5.72. The van der Waals surface area contributed by atoms with Gasteiger partial charge in [-0.3, -0.25) is 9.78 Å². The molecule has 1 aromatic rings. The molecule has 3 nitrogen and oxygen atoms in total. The molecular weight excluding hydrogens is 190 g/mol. The van der Waals surface area contributed by atoms with Crippen LogP contribution in [0.3, 0.4) is 0 Å². The van der Waals surface area contributed by atoms with Crippen molar-refractivity contribution >= 4 is 5.97 Å². The average molecular weight is 207 g/mol. The lowest BCUT2D eigenvalue weighted by Gasteiger charge is -2.17. The zero-order valence-corrected chi connectivity index (χ0v) is 9.43. The molecule has 0 fully saturated rings. The first-order chi connectivity index (χ1) is 7.15. The number of ether oxygens (including phenoxy) is 1. The van der Waals surface area contributed by atoms with Crippen LogP contribution in [0.2, 0.25) is 0 Å². The predicted octanol–water partition coefficient (Wildman–Crippen LogP) is 2.07. The monoisotopic (exact) mass is 207 g/mol. The number of pyridine rings is 1. The number of esters is 1. The lowest BCUT2D eigenvalue weighted by Crippen LogP contribution is -2.23. The summed E-state index contributed by atoms with van der Waals surface area (Å²) in [6, 6.07) is 3.86. The summed E-state index contributed by atoms with van der Waals surface area (Å²) in [4.78, 5) is 15.5. The minimum Gasteiger partial charge on any atom is -0.469 e. The van der Waals surface area contributed by atoms with Crippen molar-refractivity contribution in [2.24, 2.45) is 11.8 Å². The second-order valence-corrected chi connectivity index (χ2v) is 3.94. The van der Waals surface area contributed by atoms with Gasteiger partial charge in [0.05, 0.1) is 13.0 Å². The largest absolute Gasteiger partial charge is 0.469 e. The van der Waals surface area contributed by atoms with Gasteiger partial charge in [-0.1, -0.05) is 19.9 Å². The highest BCUT2D eigenvalue weighted by Crippen LogP contribution is 2.18. The standard InChI is InChI=1S/C12H17NO2/c1-9(2)11(12(14)15-3)7-10-5-4-6-13-8-10/h4-6,8-9,11H,7H2,1-3H3. The third-order valence-electron chi connectivity index (χ3n) is 2.49. The quantitative estimate of drug-likeness (QED) is 0.709. The van der Waals surface area contributed by atoms with Crippen LogP contribution in [0.1, 0.15) is 19.4 Å². The van der Waals surface area contributed by atoms with Gasteiger partial charge in [0.1, 0.15) is 0 Å². The minimum atomic E-state index is -0.145. The topological polar surface area (TPSA) is 39.2 Å². The predicted molar refractivity (Wildman–Crippen MR) is 58.3 cm³/mol. The summed E-state index contributed by atoms with van der Waals surface area (Å²) in [5, 5.41) is 0. The smallest absolute Gasteiger partial charge is 0.309 e. The number of methoxy groups -OCH3 is 1. The fourth-order valence-electron chi connectivity index (χ4n) is 1.52. The van der Waals surface area contributed by atoms with Crippen LogP contribution < -0.4 is 0 Å². The maximum Gasteiger partial charge on any atom is 0.309 e. The first-order valence-electron chi connectivity index (χ1n) is 5.12. The summed E-state index contributed by atoms with van der Waals surface area (Å²) in [5.41, 5.74) is 1.07. The number of nitrogens with zero attached hydrogens (tertiary/aromatic N) is 1. The van der Waals surface area contributed by atoms with Gasteiger partial charge in [0.15, 0.2) is 0 Å². The molecule has 0 N–H and O–H groups in total.